The van der Waals surface area contributed by atoms with Gasteiger partial charge in [0.2, 0.25) is 11.7 Å². The molecule has 3 aromatic rings. The molecular formula is C21H17FN2O2. The van der Waals surface area contributed by atoms with Crippen molar-refractivity contribution in [2.75, 3.05) is 5.32 Å². The number of hydrogen-bond acceptors (Lipinski definition) is 2. The number of carbonyl (C=O) groups excluding carboxylic acids is 2. The number of hydrogen-bond donors (Lipinski definition) is 1. The van der Waals surface area contributed by atoms with E-state index in [1.807, 2.05) is 28.8 Å². The Labute approximate surface area is 150 Å². The summed E-state index contributed by atoms with van der Waals surface area (Å²) in [5, 5.41) is 2.82. The van der Waals surface area contributed by atoms with Crippen LogP contribution in [0.4, 0.5) is 10.1 Å². The third kappa shape index (κ3) is 2.92. The van der Waals surface area contributed by atoms with Crippen LogP contribution in [0, 0.1) is 5.82 Å². The second-order valence-corrected chi connectivity index (χ2v) is 6.33. The number of amides is 1. The van der Waals surface area contributed by atoms with Crippen molar-refractivity contribution in [3.8, 4) is 0 Å². The van der Waals surface area contributed by atoms with Crippen molar-refractivity contribution in [1.29, 1.82) is 0 Å². The van der Waals surface area contributed by atoms with Crippen LogP contribution in [-0.4, -0.2) is 16.3 Å². The molecule has 5 heteroatoms. The van der Waals surface area contributed by atoms with E-state index in [-0.39, 0.29) is 23.4 Å². The summed E-state index contributed by atoms with van der Waals surface area (Å²) in [5.41, 5.74) is 2.63. The first kappa shape index (κ1) is 16.3. The molecule has 0 fully saturated rings. The van der Waals surface area contributed by atoms with Crippen LogP contribution in [0.3, 0.4) is 0 Å². The Hall–Kier alpha value is -3.21. The molecule has 2 heterocycles. The lowest BCUT2D eigenvalue weighted by atomic mass is 10.0. The summed E-state index contributed by atoms with van der Waals surface area (Å²) in [4.78, 5) is 25.3. The Morgan fingerprint density at radius 2 is 1.69 bits per heavy atom. The number of nitrogens with one attached hydrogen (secondary N) is 1. The minimum absolute atomic E-state index is 0.0450. The highest BCUT2D eigenvalue weighted by molar-refractivity contribution is 6.08. The highest BCUT2D eigenvalue weighted by Crippen LogP contribution is 2.32. The van der Waals surface area contributed by atoms with E-state index >= 15 is 0 Å². The smallest absolute Gasteiger partial charge is 0.233 e. The van der Waals surface area contributed by atoms with Gasteiger partial charge in [0.25, 0.3) is 0 Å². The monoisotopic (exact) mass is 348 g/mol. The lowest BCUT2D eigenvalue weighted by Crippen LogP contribution is -2.19. The van der Waals surface area contributed by atoms with Crippen LogP contribution in [0.5, 0.6) is 0 Å². The molecule has 26 heavy (non-hydrogen) atoms. The SMILES string of the molecule is O=C(c1ccccc1)c1ccc2n1CCC2C(=O)Nc1ccc(F)cc1. The molecule has 1 amide bonds. The predicted molar refractivity (Wildman–Crippen MR) is 96.7 cm³/mol. The van der Waals surface area contributed by atoms with Gasteiger partial charge in [-0.3, -0.25) is 9.59 Å². The van der Waals surface area contributed by atoms with Gasteiger partial charge in [0.1, 0.15) is 5.82 Å². The lowest BCUT2D eigenvalue weighted by molar-refractivity contribution is -0.117. The molecule has 1 unspecified atom stereocenters. The molecule has 0 aliphatic carbocycles. The second-order valence-electron chi connectivity index (χ2n) is 6.33. The van der Waals surface area contributed by atoms with E-state index in [4.69, 9.17) is 0 Å². The first-order valence-corrected chi connectivity index (χ1v) is 8.49. The number of nitrogens with zero attached hydrogens (tertiary/aromatic N) is 1. The van der Waals surface area contributed by atoms with Crippen LogP contribution in [-0.2, 0) is 11.3 Å². The molecule has 1 aliphatic rings. The summed E-state index contributed by atoms with van der Waals surface area (Å²) in [5.74, 6) is -0.859. The topological polar surface area (TPSA) is 51.1 Å². The van der Waals surface area contributed by atoms with E-state index in [1.54, 1.807) is 18.2 Å². The van der Waals surface area contributed by atoms with Gasteiger partial charge in [0.15, 0.2) is 0 Å². The van der Waals surface area contributed by atoms with Crippen LogP contribution in [0.2, 0.25) is 0 Å². The van der Waals surface area contributed by atoms with Crippen molar-refractivity contribution in [1.82, 2.24) is 4.57 Å². The van der Waals surface area contributed by atoms with Gasteiger partial charge in [-0.25, -0.2) is 4.39 Å². The van der Waals surface area contributed by atoms with Gasteiger partial charge in [-0.15, -0.1) is 0 Å². The molecule has 1 aliphatic heterocycles. The van der Waals surface area contributed by atoms with Crippen LogP contribution < -0.4 is 5.32 Å². The van der Waals surface area contributed by atoms with Gasteiger partial charge in [-0.05, 0) is 42.8 Å². The number of aromatic nitrogens is 1. The average Bonchev–Trinajstić information content (AvgIpc) is 3.26. The maximum Gasteiger partial charge on any atom is 0.233 e. The van der Waals surface area contributed by atoms with Crippen molar-refractivity contribution in [2.24, 2.45) is 0 Å². The number of halogens is 1. The van der Waals surface area contributed by atoms with E-state index < -0.39 is 0 Å². The van der Waals surface area contributed by atoms with E-state index in [2.05, 4.69) is 5.32 Å². The molecule has 0 saturated heterocycles. The third-order valence-electron chi connectivity index (χ3n) is 4.71. The van der Waals surface area contributed by atoms with Gasteiger partial charge >= 0.3 is 0 Å². The maximum atomic E-state index is 13.0. The summed E-state index contributed by atoms with van der Waals surface area (Å²) < 4.78 is 14.9. The number of rotatable bonds is 4. The van der Waals surface area contributed by atoms with Crippen LogP contribution in [0.25, 0.3) is 0 Å². The molecule has 4 nitrogen and oxygen atoms in total. The molecule has 1 N–H and O–H groups in total. The average molecular weight is 348 g/mol. The van der Waals surface area contributed by atoms with Gasteiger partial charge in [-0.1, -0.05) is 30.3 Å². The van der Waals surface area contributed by atoms with Crippen molar-refractivity contribution in [3.63, 3.8) is 0 Å². The van der Waals surface area contributed by atoms with Crippen molar-refractivity contribution in [2.45, 2.75) is 18.9 Å². The Kier molecular flexibility index (Phi) is 4.13. The Morgan fingerprint density at radius 3 is 2.42 bits per heavy atom. The largest absolute Gasteiger partial charge is 0.341 e. The molecule has 0 bridgehead atoms. The number of ketones is 1. The fourth-order valence-electron chi connectivity index (χ4n) is 3.41. The van der Waals surface area contributed by atoms with Gasteiger partial charge in [-0.2, -0.15) is 0 Å². The molecular weight excluding hydrogens is 331 g/mol. The number of carbonyl (C=O) groups is 2. The molecule has 0 radical (unpaired) electrons. The zero-order valence-corrected chi connectivity index (χ0v) is 14.0. The van der Waals surface area contributed by atoms with E-state index in [1.165, 1.54) is 24.3 Å². The summed E-state index contributed by atoms with van der Waals surface area (Å²) >= 11 is 0. The van der Waals surface area contributed by atoms with Crippen LogP contribution >= 0.6 is 0 Å². The molecule has 1 aromatic heterocycles. The number of anilines is 1. The van der Waals surface area contributed by atoms with Crippen LogP contribution in [0.1, 0.15) is 34.1 Å². The Bertz CT molecular complexity index is 961. The van der Waals surface area contributed by atoms with Gasteiger partial charge in [0.05, 0.1) is 11.6 Å². The quantitative estimate of drug-likeness (QED) is 0.725. The standard InChI is InChI=1S/C21H17FN2O2/c22-15-6-8-16(9-7-15)23-21(26)17-12-13-24-18(17)10-11-19(24)20(25)14-4-2-1-3-5-14/h1-11,17H,12-13H2,(H,23,26). The highest BCUT2D eigenvalue weighted by Gasteiger charge is 2.31. The lowest BCUT2D eigenvalue weighted by Gasteiger charge is -2.10. The molecule has 0 spiro atoms. The van der Waals surface area contributed by atoms with Crippen LogP contribution in [0.15, 0.2) is 66.7 Å². The summed E-state index contributed by atoms with van der Waals surface area (Å²) in [6.07, 6.45) is 0.637. The van der Waals surface area contributed by atoms with E-state index in [0.29, 0.717) is 29.9 Å². The number of fused-ring (bicyclic) bond motifs is 1. The summed E-state index contributed by atoms with van der Waals surface area (Å²) in [6, 6.07) is 18.4. The molecule has 4 rings (SSSR count). The zero-order valence-electron chi connectivity index (χ0n) is 14.0. The second kappa shape index (κ2) is 6.59. The third-order valence-corrected chi connectivity index (χ3v) is 4.71. The Morgan fingerprint density at radius 1 is 0.962 bits per heavy atom. The summed E-state index contributed by atoms with van der Waals surface area (Å²) in [6.45, 7) is 0.623. The van der Waals surface area contributed by atoms with E-state index in [0.717, 1.165) is 5.69 Å². The van der Waals surface area contributed by atoms with Crippen molar-refractivity contribution in [3.05, 3.63) is 89.5 Å². The van der Waals surface area contributed by atoms with Gasteiger partial charge in [0, 0.05) is 23.5 Å². The minimum atomic E-state index is -0.346. The first-order chi connectivity index (χ1) is 12.6. The first-order valence-electron chi connectivity index (χ1n) is 8.49. The normalized spacial score (nSPS) is 15.5. The van der Waals surface area contributed by atoms with Crippen molar-refractivity contribution >= 4 is 17.4 Å². The maximum absolute atomic E-state index is 13.0. The minimum Gasteiger partial charge on any atom is -0.341 e. The van der Waals surface area contributed by atoms with Crippen molar-refractivity contribution < 1.29 is 14.0 Å². The van der Waals surface area contributed by atoms with Gasteiger partial charge < -0.3 is 9.88 Å². The molecule has 2 aromatic carbocycles. The highest BCUT2D eigenvalue weighted by atomic mass is 19.1. The number of benzene rings is 2. The molecule has 0 saturated carbocycles. The molecule has 130 valence electrons. The summed E-state index contributed by atoms with van der Waals surface area (Å²) in [7, 11) is 0. The molecule has 1 atom stereocenters. The fraction of sp³-hybridized carbons (Fsp3) is 0.143. The predicted octanol–water partition coefficient (Wildman–Crippen LogP) is 3.98. The fourth-order valence-corrected chi connectivity index (χ4v) is 3.41. The Balaban J connectivity index is 1.55. The zero-order chi connectivity index (χ0) is 18.1. The van der Waals surface area contributed by atoms with E-state index in [9.17, 15) is 14.0 Å².